The molecule has 0 aliphatic carbocycles. The minimum absolute atomic E-state index is 0.0157. The van der Waals surface area contributed by atoms with Gasteiger partial charge in [0.25, 0.3) is 0 Å². The number of fused-ring (bicyclic) bond motifs is 2. The molecule has 278 valence electrons. The van der Waals surface area contributed by atoms with Crippen molar-refractivity contribution >= 4 is 41.9 Å². The largest absolute Gasteiger partial charge is 0.359 e. The number of urea groups is 1. The summed E-state index contributed by atoms with van der Waals surface area (Å²) in [7, 11) is -1.61. The van der Waals surface area contributed by atoms with Gasteiger partial charge < -0.3 is 29.5 Å². The molecule has 0 bridgehead atoms. The van der Waals surface area contributed by atoms with E-state index in [1.807, 2.05) is 97.1 Å². The average Bonchev–Trinajstić information content (AvgIpc) is 3.13. The molecule has 4 aromatic carbocycles. The van der Waals surface area contributed by atoms with Crippen molar-refractivity contribution < 1.29 is 28.0 Å². The molecule has 4 amide bonds. The Balaban J connectivity index is 1.26. The Morgan fingerprint density at radius 1 is 0.887 bits per heavy atom. The molecule has 0 aromatic heterocycles. The first-order valence-corrected chi connectivity index (χ1v) is 19.6. The normalized spacial score (nSPS) is 17.9. The quantitative estimate of drug-likeness (QED) is 0.147. The van der Waals surface area contributed by atoms with Gasteiger partial charge in [-0.3, -0.25) is 14.2 Å². The monoisotopic (exact) mass is 738 g/mol. The molecule has 2 N–H and O–H groups in total. The van der Waals surface area contributed by atoms with E-state index in [9.17, 15) is 18.9 Å². The molecule has 4 aromatic rings. The highest BCUT2D eigenvalue weighted by atomic mass is 31.2. The molecule has 2 aliphatic rings. The lowest BCUT2D eigenvalue weighted by molar-refractivity contribution is -0.187. The van der Waals surface area contributed by atoms with E-state index in [-0.39, 0.29) is 56.7 Å². The van der Waals surface area contributed by atoms with Crippen molar-refractivity contribution in [1.82, 2.24) is 25.1 Å². The van der Waals surface area contributed by atoms with E-state index in [1.165, 1.54) is 0 Å². The molecule has 0 radical (unpaired) electrons. The van der Waals surface area contributed by atoms with Gasteiger partial charge in [0, 0.05) is 37.9 Å². The Morgan fingerprint density at radius 3 is 2.28 bits per heavy atom. The van der Waals surface area contributed by atoms with Gasteiger partial charge >= 0.3 is 13.6 Å². The first kappa shape index (κ1) is 37.7. The van der Waals surface area contributed by atoms with E-state index in [0.717, 1.165) is 27.5 Å². The molecule has 2 atom stereocenters. The fourth-order valence-corrected chi connectivity index (χ4v) is 8.68. The molecule has 53 heavy (non-hydrogen) atoms. The number of carbonyl (C=O) groups is 3. The van der Waals surface area contributed by atoms with Crippen molar-refractivity contribution in [1.29, 1.82) is 0 Å². The van der Waals surface area contributed by atoms with Gasteiger partial charge in [-0.2, -0.15) is 0 Å². The van der Waals surface area contributed by atoms with Gasteiger partial charge in [0.05, 0.1) is 32.5 Å². The van der Waals surface area contributed by atoms with Crippen molar-refractivity contribution in [2.75, 3.05) is 44.8 Å². The molecule has 2 heterocycles. The zero-order valence-electron chi connectivity index (χ0n) is 30.4. The zero-order chi connectivity index (χ0) is 37.5. The van der Waals surface area contributed by atoms with Crippen LogP contribution in [0.4, 0.5) is 10.5 Å². The molecule has 13 heteroatoms. The van der Waals surface area contributed by atoms with Crippen LogP contribution in [0.2, 0.25) is 0 Å². The van der Waals surface area contributed by atoms with Gasteiger partial charge in [-0.05, 0) is 53.4 Å². The second-order valence-corrected chi connectivity index (χ2v) is 15.2. The minimum Gasteiger partial charge on any atom is -0.359 e. The topological polar surface area (TPSA) is 124 Å². The number of piperazine rings is 1. The fourth-order valence-electron chi connectivity index (χ4n) is 7.08. The van der Waals surface area contributed by atoms with Gasteiger partial charge in [-0.1, -0.05) is 91.5 Å². The highest BCUT2D eigenvalue weighted by molar-refractivity contribution is 7.54. The van der Waals surface area contributed by atoms with Crippen molar-refractivity contribution in [2.45, 2.75) is 45.6 Å². The van der Waals surface area contributed by atoms with Crippen molar-refractivity contribution in [3.8, 4) is 0 Å². The lowest BCUT2D eigenvalue weighted by Gasteiger charge is -2.54. The van der Waals surface area contributed by atoms with Crippen LogP contribution in [0.1, 0.15) is 30.5 Å². The van der Waals surface area contributed by atoms with E-state index in [4.69, 9.17) is 9.05 Å². The maximum Gasteiger partial charge on any atom is 0.336 e. The number of carbonyl (C=O) groups excluding carboxylic acids is 3. The van der Waals surface area contributed by atoms with Crippen LogP contribution in [-0.2, 0) is 42.7 Å². The minimum atomic E-state index is -3.33. The summed E-state index contributed by atoms with van der Waals surface area (Å²) >= 11 is 0. The number of nitrogens with one attached hydrogen (secondary N) is 2. The Labute approximate surface area is 310 Å². The smallest absolute Gasteiger partial charge is 0.336 e. The maximum atomic E-state index is 14.5. The van der Waals surface area contributed by atoms with E-state index in [1.54, 1.807) is 40.7 Å². The molecule has 0 unspecified atom stereocenters. The standard InChI is InChI=1S/C40H47N6O6P/c1-5-51-53(50,52-6-2)28-29(3)42-34-21-19-30(20-22-34)23-36-39(48)44(25-33-17-12-16-32-15-10-11-18-35(32)33)26-37-45(36)38(47)27-43(4)46(37)40(49)41-24-31-13-8-7-9-14-31/h7-22,36-37,42H,3,5-6,23-28H2,1-2,4H3,(H,41,49)/t36-,37-/m0/s1. The zero-order valence-corrected chi connectivity index (χ0v) is 31.3. The number of likely N-dealkylation sites (N-methyl/N-ethyl adjacent to an activating group) is 1. The summed E-state index contributed by atoms with van der Waals surface area (Å²) in [6.07, 6.45) is -0.478. The third-order valence-corrected chi connectivity index (χ3v) is 11.5. The second kappa shape index (κ2) is 16.8. The maximum absolute atomic E-state index is 14.5. The molecule has 2 saturated heterocycles. The van der Waals surface area contributed by atoms with Crippen molar-refractivity contribution in [3.63, 3.8) is 0 Å². The van der Waals surface area contributed by atoms with Crippen LogP contribution >= 0.6 is 7.60 Å². The van der Waals surface area contributed by atoms with Crippen molar-refractivity contribution in [3.05, 3.63) is 126 Å². The number of hydrogen-bond acceptors (Lipinski definition) is 8. The molecule has 6 rings (SSSR count). The average molecular weight is 739 g/mol. The lowest BCUT2D eigenvalue weighted by Crippen LogP contribution is -2.76. The van der Waals surface area contributed by atoms with E-state index < -0.39 is 19.8 Å². The predicted molar refractivity (Wildman–Crippen MR) is 206 cm³/mol. The number of anilines is 1. The molecule has 2 fully saturated rings. The van der Waals surface area contributed by atoms with Crippen LogP contribution in [-0.4, -0.2) is 89.4 Å². The Hall–Kier alpha value is -5.00. The SMILES string of the molecule is C=C(CP(=O)(OCC)OCC)Nc1ccc(C[C@H]2C(=O)N(Cc3cccc4ccccc34)C[C@H]3N2C(=O)CN(C)N3C(=O)NCc2ccccc2)cc1. The van der Waals surface area contributed by atoms with Gasteiger partial charge in [-0.15, -0.1) is 0 Å². The lowest BCUT2D eigenvalue weighted by atomic mass is 9.97. The first-order valence-electron chi connectivity index (χ1n) is 17.9. The Bertz CT molecular complexity index is 1980. The molecule has 0 spiro atoms. The van der Waals surface area contributed by atoms with Gasteiger partial charge in [0.15, 0.2) is 0 Å². The number of rotatable bonds is 14. The van der Waals surface area contributed by atoms with Crippen LogP contribution in [0.3, 0.4) is 0 Å². The fraction of sp³-hybridized carbons (Fsp3) is 0.325. The molecule has 0 saturated carbocycles. The Kier molecular flexibility index (Phi) is 11.9. The molecule has 2 aliphatic heterocycles. The Morgan fingerprint density at radius 2 is 1.57 bits per heavy atom. The summed E-state index contributed by atoms with van der Waals surface area (Å²) in [6, 6.07) is 30.0. The second-order valence-electron chi connectivity index (χ2n) is 13.2. The first-order chi connectivity index (χ1) is 25.6. The third-order valence-electron chi connectivity index (χ3n) is 9.42. The van der Waals surface area contributed by atoms with Crippen LogP contribution in [0, 0.1) is 0 Å². The summed E-state index contributed by atoms with van der Waals surface area (Å²) in [5, 5.41) is 11.5. The number of nitrogens with zero attached hydrogens (tertiary/aromatic N) is 4. The van der Waals surface area contributed by atoms with Crippen molar-refractivity contribution in [2.24, 2.45) is 0 Å². The van der Waals surface area contributed by atoms with Gasteiger partial charge in [-0.25, -0.2) is 14.8 Å². The van der Waals surface area contributed by atoms with Crippen LogP contribution in [0.5, 0.6) is 0 Å². The summed E-state index contributed by atoms with van der Waals surface area (Å²) < 4.78 is 23.8. The number of hydrazine groups is 1. The van der Waals surface area contributed by atoms with Gasteiger partial charge in [0.2, 0.25) is 11.8 Å². The van der Waals surface area contributed by atoms with E-state index in [0.29, 0.717) is 24.5 Å². The highest BCUT2D eigenvalue weighted by Crippen LogP contribution is 2.49. The van der Waals surface area contributed by atoms with Crippen LogP contribution in [0.25, 0.3) is 10.8 Å². The molecular weight excluding hydrogens is 691 g/mol. The number of hydrogen-bond donors (Lipinski definition) is 2. The summed E-state index contributed by atoms with van der Waals surface area (Å²) in [5.74, 6) is -0.412. The summed E-state index contributed by atoms with van der Waals surface area (Å²) in [6.45, 7) is 8.77. The highest BCUT2D eigenvalue weighted by Gasteiger charge is 2.50. The molecule has 12 nitrogen and oxygen atoms in total. The number of amides is 4. The predicted octanol–water partition coefficient (Wildman–Crippen LogP) is 6.21. The molecular formula is C40H47N6O6P. The van der Waals surface area contributed by atoms with Crippen LogP contribution in [0.15, 0.2) is 109 Å². The number of benzene rings is 4. The van der Waals surface area contributed by atoms with Crippen LogP contribution < -0.4 is 10.6 Å². The van der Waals surface area contributed by atoms with Gasteiger partial charge in [0.1, 0.15) is 12.2 Å². The van der Waals surface area contributed by atoms with E-state index in [2.05, 4.69) is 17.2 Å². The summed E-state index contributed by atoms with van der Waals surface area (Å²) in [5.41, 5.74) is 3.94. The summed E-state index contributed by atoms with van der Waals surface area (Å²) in [4.78, 5) is 45.6. The van der Waals surface area contributed by atoms with E-state index >= 15 is 0 Å². The third kappa shape index (κ3) is 8.80. The number of allylic oxidation sites excluding steroid dienone is 1.